The number of phenolic OH excluding ortho intramolecular Hbond substituents is 2. The summed E-state index contributed by atoms with van der Waals surface area (Å²) >= 11 is 1.20. The van der Waals surface area contributed by atoms with Crippen LogP contribution in [0.4, 0.5) is 5.69 Å². The number of nitrogens with zero attached hydrogens (tertiary/aromatic N) is 1. The summed E-state index contributed by atoms with van der Waals surface area (Å²) in [4.78, 5) is 16.8. The highest BCUT2D eigenvalue weighted by Gasteiger charge is 2.24. The van der Waals surface area contributed by atoms with Crippen LogP contribution >= 0.6 is 11.8 Å². The lowest BCUT2D eigenvalue weighted by Gasteiger charge is -2.00. The Hall–Kier alpha value is -2.73. The highest BCUT2D eigenvalue weighted by molar-refractivity contribution is 8.18. The van der Waals surface area contributed by atoms with Crippen LogP contribution in [0.1, 0.15) is 11.1 Å². The van der Waals surface area contributed by atoms with Gasteiger partial charge in [0.1, 0.15) is 11.5 Å². The molecule has 0 spiro atoms. The fraction of sp³-hybridized carbons (Fsp3) is 0.0588. The minimum absolute atomic E-state index is 0.0325. The van der Waals surface area contributed by atoms with Gasteiger partial charge in [-0.3, -0.25) is 4.79 Å². The quantitative estimate of drug-likeness (QED) is 0.740. The molecule has 1 fully saturated rings. The lowest BCUT2D eigenvalue weighted by atomic mass is 10.2. The van der Waals surface area contributed by atoms with E-state index in [0.717, 1.165) is 11.3 Å². The Morgan fingerprint density at radius 2 is 2.00 bits per heavy atom. The molecule has 2 aromatic rings. The van der Waals surface area contributed by atoms with Gasteiger partial charge < -0.3 is 15.5 Å². The van der Waals surface area contributed by atoms with Gasteiger partial charge in [-0.1, -0.05) is 12.1 Å². The lowest BCUT2D eigenvalue weighted by Crippen LogP contribution is -2.19. The fourth-order valence-electron chi connectivity index (χ4n) is 2.09. The van der Waals surface area contributed by atoms with Gasteiger partial charge >= 0.3 is 0 Å². The summed E-state index contributed by atoms with van der Waals surface area (Å²) in [6.07, 6.45) is 1.56. The van der Waals surface area contributed by atoms with E-state index in [1.165, 1.54) is 23.9 Å². The zero-order chi connectivity index (χ0) is 16.4. The van der Waals surface area contributed by atoms with E-state index >= 15 is 0 Å². The van der Waals surface area contributed by atoms with Gasteiger partial charge in [0.2, 0.25) is 0 Å². The molecule has 2 aromatic carbocycles. The first-order valence-electron chi connectivity index (χ1n) is 6.89. The predicted octanol–water partition coefficient (Wildman–Crippen LogP) is 3.30. The van der Waals surface area contributed by atoms with Gasteiger partial charge in [-0.25, -0.2) is 4.99 Å². The first kappa shape index (κ1) is 15.2. The fourth-order valence-corrected chi connectivity index (χ4v) is 2.92. The Morgan fingerprint density at radius 3 is 2.74 bits per heavy atom. The first-order chi connectivity index (χ1) is 11.0. The van der Waals surface area contributed by atoms with Crippen molar-refractivity contribution < 1.29 is 15.0 Å². The number of hydrogen-bond donors (Lipinski definition) is 3. The minimum Gasteiger partial charge on any atom is -0.508 e. The van der Waals surface area contributed by atoms with E-state index in [9.17, 15) is 15.0 Å². The highest BCUT2D eigenvalue weighted by Crippen LogP contribution is 2.31. The molecule has 1 aliphatic heterocycles. The van der Waals surface area contributed by atoms with Crippen molar-refractivity contribution in [2.75, 3.05) is 0 Å². The van der Waals surface area contributed by atoms with E-state index < -0.39 is 0 Å². The van der Waals surface area contributed by atoms with Gasteiger partial charge in [-0.05, 0) is 54.6 Å². The third kappa shape index (κ3) is 3.54. The second kappa shape index (κ2) is 6.18. The Morgan fingerprint density at radius 1 is 1.17 bits per heavy atom. The van der Waals surface area contributed by atoms with Gasteiger partial charge in [0.25, 0.3) is 5.91 Å². The second-order valence-electron chi connectivity index (χ2n) is 5.06. The standard InChI is InChI=1S/C17H14N2O3S/c1-10-3-2-4-12(7-10)18-17-19-16(22)15(23-17)8-11-5-6-13(20)9-14(11)21/h2-9,20-21H,1H3,(H,18,19,22)/b15-8-. The molecule has 1 heterocycles. The molecule has 1 saturated heterocycles. The molecule has 23 heavy (non-hydrogen) atoms. The van der Waals surface area contributed by atoms with Gasteiger partial charge in [0, 0.05) is 11.6 Å². The van der Waals surface area contributed by atoms with Crippen LogP contribution in [0.5, 0.6) is 11.5 Å². The number of amides is 1. The third-order valence-electron chi connectivity index (χ3n) is 3.18. The Bertz CT molecular complexity index is 843. The highest BCUT2D eigenvalue weighted by atomic mass is 32.2. The van der Waals surface area contributed by atoms with Crippen LogP contribution in [0.15, 0.2) is 52.4 Å². The third-order valence-corrected chi connectivity index (χ3v) is 4.09. The summed E-state index contributed by atoms with van der Waals surface area (Å²) in [7, 11) is 0. The van der Waals surface area contributed by atoms with Crippen LogP contribution in [-0.4, -0.2) is 21.3 Å². The molecule has 3 N–H and O–H groups in total. The average molecular weight is 326 g/mol. The first-order valence-corrected chi connectivity index (χ1v) is 7.71. The number of rotatable bonds is 2. The summed E-state index contributed by atoms with van der Waals surface area (Å²) < 4.78 is 0. The lowest BCUT2D eigenvalue weighted by molar-refractivity contribution is -0.115. The van der Waals surface area contributed by atoms with Gasteiger partial charge in [-0.2, -0.15) is 0 Å². The molecule has 0 bridgehead atoms. The van der Waals surface area contributed by atoms with Crippen molar-refractivity contribution in [1.82, 2.24) is 5.32 Å². The summed E-state index contributed by atoms with van der Waals surface area (Å²) in [5, 5.41) is 22.3. The van der Waals surface area contributed by atoms with Crippen molar-refractivity contribution in [1.29, 1.82) is 0 Å². The summed E-state index contributed by atoms with van der Waals surface area (Å²) in [6.45, 7) is 1.98. The van der Waals surface area contributed by atoms with Crippen LogP contribution in [0, 0.1) is 6.92 Å². The molecular formula is C17H14N2O3S. The topological polar surface area (TPSA) is 81.9 Å². The van der Waals surface area contributed by atoms with Crippen molar-refractivity contribution >= 4 is 34.6 Å². The molecule has 3 rings (SSSR count). The van der Waals surface area contributed by atoms with Crippen molar-refractivity contribution in [2.24, 2.45) is 4.99 Å². The van der Waals surface area contributed by atoms with Crippen molar-refractivity contribution in [3.63, 3.8) is 0 Å². The molecular weight excluding hydrogens is 312 g/mol. The Labute approximate surface area is 137 Å². The Balaban J connectivity index is 1.86. The average Bonchev–Trinajstić information content (AvgIpc) is 2.82. The zero-order valence-corrected chi connectivity index (χ0v) is 13.1. The maximum atomic E-state index is 12.0. The van der Waals surface area contributed by atoms with E-state index in [0.29, 0.717) is 15.6 Å². The number of carbonyl (C=O) groups is 1. The molecule has 5 nitrogen and oxygen atoms in total. The molecule has 0 atom stereocenters. The maximum Gasteiger partial charge on any atom is 0.264 e. The van der Waals surface area contributed by atoms with Crippen LogP contribution < -0.4 is 5.32 Å². The Kier molecular flexibility index (Phi) is 4.08. The van der Waals surface area contributed by atoms with Crippen LogP contribution in [0.2, 0.25) is 0 Å². The molecule has 0 aromatic heterocycles. The number of amidine groups is 1. The van der Waals surface area contributed by atoms with Gasteiger partial charge in [0.05, 0.1) is 10.6 Å². The molecule has 0 saturated carbocycles. The smallest absolute Gasteiger partial charge is 0.264 e. The predicted molar refractivity (Wildman–Crippen MR) is 91.8 cm³/mol. The number of aliphatic imine (C=N–C) groups is 1. The molecule has 0 aliphatic carbocycles. The number of aromatic hydroxyl groups is 2. The van der Waals surface area contributed by atoms with Crippen molar-refractivity contribution in [2.45, 2.75) is 6.92 Å². The number of nitrogens with one attached hydrogen (secondary N) is 1. The number of hydrogen-bond acceptors (Lipinski definition) is 5. The number of phenols is 2. The van der Waals surface area contributed by atoms with E-state index in [-0.39, 0.29) is 17.4 Å². The second-order valence-corrected chi connectivity index (χ2v) is 6.09. The van der Waals surface area contributed by atoms with Crippen molar-refractivity contribution in [3.8, 4) is 11.5 Å². The summed E-state index contributed by atoms with van der Waals surface area (Å²) in [5.41, 5.74) is 2.31. The molecule has 0 radical (unpaired) electrons. The van der Waals surface area contributed by atoms with Gasteiger partial charge in [-0.15, -0.1) is 0 Å². The number of thioether (sulfide) groups is 1. The minimum atomic E-state index is -0.270. The largest absolute Gasteiger partial charge is 0.508 e. The van der Waals surface area contributed by atoms with Crippen LogP contribution in [0.3, 0.4) is 0 Å². The monoisotopic (exact) mass is 326 g/mol. The zero-order valence-electron chi connectivity index (χ0n) is 12.3. The van der Waals surface area contributed by atoms with Crippen LogP contribution in [0.25, 0.3) is 6.08 Å². The molecule has 0 unspecified atom stereocenters. The van der Waals surface area contributed by atoms with E-state index in [2.05, 4.69) is 10.3 Å². The molecule has 116 valence electrons. The molecule has 6 heteroatoms. The number of benzene rings is 2. The molecule has 1 amide bonds. The summed E-state index contributed by atoms with van der Waals surface area (Å²) in [6, 6.07) is 11.9. The summed E-state index contributed by atoms with van der Waals surface area (Å²) in [5.74, 6) is -0.390. The van der Waals surface area contributed by atoms with Crippen LogP contribution in [-0.2, 0) is 4.79 Å². The number of carbonyl (C=O) groups excluding carboxylic acids is 1. The maximum absolute atomic E-state index is 12.0. The van der Waals surface area contributed by atoms with Gasteiger partial charge in [0.15, 0.2) is 5.17 Å². The number of aryl methyl sites for hydroxylation is 1. The van der Waals surface area contributed by atoms with E-state index in [1.807, 2.05) is 31.2 Å². The SMILES string of the molecule is Cc1cccc(N=C2NC(=O)/C(=C/c3ccc(O)cc3O)S2)c1. The van der Waals surface area contributed by atoms with E-state index in [4.69, 9.17) is 0 Å². The van der Waals surface area contributed by atoms with E-state index in [1.54, 1.807) is 12.1 Å². The normalized spacial score (nSPS) is 17.7. The molecule has 1 aliphatic rings. The van der Waals surface area contributed by atoms with Crippen molar-refractivity contribution in [3.05, 3.63) is 58.5 Å².